The van der Waals surface area contributed by atoms with Crippen molar-refractivity contribution in [1.82, 2.24) is 10.3 Å². The van der Waals surface area contributed by atoms with Crippen LogP contribution in [0, 0.1) is 12.8 Å². The van der Waals surface area contributed by atoms with E-state index >= 15 is 0 Å². The zero-order valence-corrected chi connectivity index (χ0v) is 12.4. The average Bonchev–Trinajstić information content (AvgIpc) is 3.19. The fraction of sp³-hybridized carbons (Fsp3) is 0.467. The van der Waals surface area contributed by atoms with E-state index < -0.39 is 0 Å². The largest absolute Gasteiger partial charge is 0.397 e. The SMILES string of the molecule is Cc1ccc2c(N)c(C(=O)NCCCC3CC3)sc2n1. The van der Waals surface area contributed by atoms with Crippen LogP contribution >= 0.6 is 11.3 Å². The summed E-state index contributed by atoms with van der Waals surface area (Å²) in [4.78, 5) is 18.0. The van der Waals surface area contributed by atoms with Gasteiger partial charge in [-0.3, -0.25) is 4.79 Å². The maximum absolute atomic E-state index is 12.2. The molecule has 106 valence electrons. The molecule has 1 saturated carbocycles. The van der Waals surface area contributed by atoms with Crippen LogP contribution in [0.15, 0.2) is 12.1 Å². The summed E-state index contributed by atoms with van der Waals surface area (Å²) in [5.41, 5.74) is 7.55. The number of nitrogens with one attached hydrogen (secondary N) is 1. The zero-order chi connectivity index (χ0) is 14.1. The molecule has 2 aromatic heterocycles. The number of aromatic nitrogens is 1. The molecule has 0 bridgehead atoms. The molecule has 3 N–H and O–H groups in total. The number of nitrogens with two attached hydrogens (primary N) is 1. The highest BCUT2D eigenvalue weighted by Gasteiger charge is 2.21. The quantitative estimate of drug-likeness (QED) is 0.831. The molecule has 0 saturated heterocycles. The van der Waals surface area contributed by atoms with Gasteiger partial charge in [0.1, 0.15) is 9.71 Å². The van der Waals surface area contributed by atoms with Crippen molar-refractivity contribution in [3.63, 3.8) is 0 Å². The second-order valence-electron chi connectivity index (χ2n) is 5.49. The Kier molecular flexibility index (Phi) is 3.61. The van der Waals surface area contributed by atoms with Gasteiger partial charge in [-0.1, -0.05) is 12.8 Å². The van der Waals surface area contributed by atoms with Crippen LogP contribution in [0.5, 0.6) is 0 Å². The van der Waals surface area contributed by atoms with Crippen molar-refractivity contribution >= 4 is 33.1 Å². The van der Waals surface area contributed by atoms with Crippen molar-refractivity contribution in [3.05, 3.63) is 22.7 Å². The van der Waals surface area contributed by atoms with Crippen LogP contribution in [-0.2, 0) is 0 Å². The maximum atomic E-state index is 12.2. The average molecular weight is 289 g/mol. The number of nitrogens with zero attached hydrogens (tertiary/aromatic N) is 1. The summed E-state index contributed by atoms with van der Waals surface area (Å²) in [6.45, 7) is 2.67. The Morgan fingerprint density at radius 2 is 2.30 bits per heavy atom. The van der Waals surface area contributed by atoms with Crippen LogP contribution in [0.4, 0.5) is 5.69 Å². The number of thiophene rings is 1. The van der Waals surface area contributed by atoms with Gasteiger partial charge in [-0.05, 0) is 37.8 Å². The lowest BCUT2D eigenvalue weighted by Crippen LogP contribution is -2.24. The van der Waals surface area contributed by atoms with Crippen LogP contribution in [0.3, 0.4) is 0 Å². The molecule has 4 nitrogen and oxygen atoms in total. The number of nitrogen functional groups attached to an aromatic ring is 1. The van der Waals surface area contributed by atoms with Crippen molar-refractivity contribution < 1.29 is 4.79 Å². The molecular formula is C15H19N3OS. The van der Waals surface area contributed by atoms with E-state index in [1.807, 2.05) is 19.1 Å². The number of carbonyl (C=O) groups is 1. The normalized spacial score (nSPS) is 14.7. The third-order valence-electron chi connectivity index (χ3n) is 3.71. The van der Waals surface area contributed by atoms with Crippen LogP contribution in [0.1, 0.15) is 41.0 Å². The molecule has 1 aliphatic carbocycles. The van der Waals surface area contributed by atoms with Gasteiger partial charge in [0.15, 0.2) is 0 Å². The van der Waals surface area contributed by atoms with E-state index in [4.69, 9.17) is 5.73 Å². The molecule has 1 fully saturated rings. The molecule has 1 amide bonds. The Bertz CT molecular complexity index is 646. The Hall–Kier alpha value is -1.62. The van der Waals surface area contributed by atoms with Gasteiger partial charge in [0.25, 0.3) is 5.91 Å². The van der Waals surface area contributed by atoms with Crippen LogP contribution in [-0.4, -0.2) is 17.4 Å². The van der Waals surface area contributed by atoms with Crippen molar-refractivity contribution in [2.24, 2.45) is 5.92 Å². The lowest BCUT2D eigenvalue weighted by molar-refractivity contribution is 0.0957. The molecule has 1 aliphatic rings. The summed E-state index contributed by atoms with van der Waals surface area (Å²) in [6.07, 6.45) is 5.01. The summed E-state index contributed by atoms with van der Waals surface area (Å²) in [5.74, 6) is 0.840. The predicted octanol–water partition coefficient (Wildman–Crippen LogP) is 3.11. The van der Waals surface area contributed by atoms with Crippen LogP contribution in [0.25, 0.3) is 10.2 Å². The first-order chi connectivity index (χ1) is 9.65. The molecule has 0 aliphatic heterocycles. The number of aryl methyl sites for hydroxylation is 1. The maximum Gasteiger partial charge on any atom is 0.263 e. The summed E-state index contributed by atoms with van der Waals surface area (Å²) in [6, 6.07) is 3.86. The standard InChI is InChI=1S/C15H19N3OS/c1-9-4-7-11-12(16)13(20-15(11)18-9)14(19)17-8-2-3-10-5-6-10/h4,7,10H,2-3,5-6,8,16H2,1H3,(H,17,19). The smallest absolute Gasteiger partial charge is 0.263 e. The van der Waals surface area contributed by atoms with Crippen LogP contribution in [0.2, 0.25) is 0 Å². The molecule has 2 aromatic rings. The molecule has 5 heteroatoms. The van der Waals surface area contributed by atoms with Crippen molar-refractivity contribution in [1.29, 1.82) is 0 Å². The van der Waals surface area contributed by atoms with Gasteiger partial charge in [-0.2, -0.15) is 0 Å². The van der Waals surface area contributed by atoms with E-state index in [9.17, 15) is 4.79 Å². The molecule has 2 heterocycles. The molecule has 0 unspecified atom stereocenters. The number of hydrogen-bond donors (Lipinski definition) is 2. The number of rotatable bonds is 5. The summed E-state index contributed by atoms with van der Waals surface area (Å²) < 4.78 is 0. The zero-order valence-electron chi connectivity index (χ0n) is 11.6. The summed E-state index contributed by atoms with van der Waals surface area (Å²) in [5, 5.41) is 3.84. The second kappa shape index (κ2) is 5.40. The molecule has 3 rings (SSSR count). The number of pyridine rings is 1. The van der Waals surface area contributed by atoms with Gasteiger partial charge < -0.3 is 11.1 Å². The van der Waals surface area contributed by atoms with Crippen LogP contribution < -0.4 is 11.1 Å². The second-order valence-corrected chi connectivity index (χ2v) is 6.49. The molecule has 0 spiro atoms. The number of amides is 1. The third kappa shape index (κ3) is 2.77. The number of hydrogen-bond acceptors (Lipinski definition) is 4. The van der Waals surface area contributed by atoms with E-state index in [0.29, 0.717) is 10.6 Å². The van der Waals surface area contributed by atoms with Gasteiger partial charge in [0.2, 0.25) is 0 Å². The first kappa shape index (κ1) is 13.4. The third-order valence-corrected chi connectivity index (χ3v) is 4.82. The minimum atomic E-state index is -0.0704. The predicted molar refractivity (Wildman–Crippen MR) is 83.1 cm³/mol. The highest BCUT2D eigenvalue weighted by Crippen LogP contribution is 2.34. The van der Waals surface area contributed by atoms with Crippen molar-refractivity contribution in [2.45, 2.75) is 32.6 Å². The highest BCUT2D eigenvalue weighted by molar-refractivity contribution is 7.21. The van der Waals surface area contributed by atoms with E-state index in [-0.39, 0.29) is 5.91 Å². The first-order valence-electron chi connectivity index (χ1n) is 7.09. The Labute approximate surface area is 122 Å². The number of fused-ring (bicyclic) bond motifs is 1. The van der Waals surface area contributed by atoms with Crippen molar-refractivity contribution in [3.8, 4) is 0 Å². The first-order valence-corrected chi connectivity index (χ1v) is 7.90. The fourth-order valence-corrected chi connectivity index (χ4v) is 3.39. The Morgan fingerprint density at radius 3 is 3.05 bits per heavy atom. The molecular weight excluding hydrogens is 270 g/mol. The topological polar surface area (TPSA) is 68.0 Å². The highest BCUT2D eigenvalue weighted by atomic mass is 32.1. The molecule has 20 heavy (non-hydrogen) atoms. The fourth-order valence-electron chi connectivity index (χ4n) is 2.34. The van der Waals surface area contributed by atoms with E-state index in [1.54, 1.807) is 0 Å². The number of anilines is 1. The van der Waals surface area contributed by atoms with Crippen molar-refractivity contribution in [2.75, 3.05) is 12.3 Å². The van der Waals surface area contributed by atoms with Gasteiger partial charge in [0.05, 0.1) is 5.69 Å². The Balaban J connectivity index is 1.68. The minimum absolute atomic E-state index is 0.0704. The number of carbonyl (C=O) groups excluding carboxylic acids is 1. The lowest BCUT2D eigenvalue weighted by Gasteiger charge is -2.03. The molecule has 0 aromatic carbocycles. The Morgan fingerprint density at radius 1 is 1.50 bits per heavy atom. The molecule has 0 atom stereocenters. The monoisotopic (exact) mass is 289 g/mol. The van der Waals surface area contributed by atoms with Gasteiger partial charge in [0, 0.05) is 17.6 Å². The lowest BCUT2D eigenvalue weighted by atomic mass is 10.2. The van der Waals surface area contributed by atoms with Gasteiger partial charge in [-0.25, -0.2) is 4.98 Å². The van der Waals surface area contributed by atoms with E-state index in [0.717, 1.165) is 34.8 Å². The summed E-state index contributed by atoms with van der Waals surface area (Å²) in [7, 11) is 0. The van der Waals surface area contributed by atoms with Gasteiger partial charge in [-0.15, -0.1) is 11.3 Å². The molecule has 0 radical (unpaired) electrons. The van der Waals surface area contributed by atoms with Gasteiger partial charge >= 0.3 is 0 Å². The minimum Gasteiger partial charge on any atom is -0.397 e. The van der Waals surface area contributed by atoms with E-state index in [2.05, 4.69) is 10.3 Å². The summed E-state index contributed by atoms with van der Waals surface area (Å²) >= 11 is 1.37. The van der Waals surface area contributed by atoms with E-state index in [1.165, 1.54) is 30.6 Å².